The third-order valence-corrected chi connectivity index (χ3v) is 4.73. The van der Waals surface area contributed by atoms with Crippen LogP contribution in [-0.4, -0.2) is 47.4 Å². The molecule has 1 saturated carbocycles. The van der Waals surface area contributed by atoms with Crippen LogP contribution in [0.5, 0.6) is 0 Å². The second kappa shape index (κ2) is 11.6. The van der Waals surface area contributed by atoms with Gasteiger partial charge in [0.25, 0.3) is 0 Å². The number of carboxylic acid groups (broad SMARTS) is 1. The van der Waals surface area contributed by atoms with Gasteiger partial charge >= 0.3 is 5.97 Å². The maximum Gasteiger partial charge on any atom is 0.326 e. The van der Waals surface area contributed by atoms with E-state index < -0.39 is 29.9 Å². The molecular weight excluding hydrogens is 350 g/mol. The number of hydrogen-bond donors (Lipinski definition) is 4. The highest BCUT2D eigenvalue weighted by atomic mass is 16.4. The van der Waals surface area contributed by atoms with Crippen molar-refractivity contribution in [2.24, 2.45) is 11.8 Å². The summed E-state index contributed by atoms with van der Waals surface area (Å²) in [6.45, 7) is 4.96. The molecule has 0 aromatic carbocycles. The first-order valence-corrected chi connectivity index (χ1v) is 9.78. The van der Waals surface area contributed by atoms with Crippen molar-refractivity contribution in [2.45, 2.75) is 77.8 Å². The number of aliphatic carboxylic acids is 1. The van der Waals surface area contributed by atoms with Crippen LogP contribution in [0.2, 0.25) is 0 Å². The summed E-state index contributed by atoms with van der Waals surface area (Å²) in [6.07, 6.45) is 6.36. The van der Waals surface area contributed by atoms with Crippen LogP contribution in [0.3, 0.4) is 0 Å². The quantitative estimate of drug-likeness (QED) is 0.451. The minimum atomic E-state index is -1.10. The average Bonchev–Trinajstić information content (AvgIpc) is 2.59. The first kappa shape index (κ1) is 22.9. The molecular formula is C19H33N3O5. The van der Waals surface area contributed by atoms with Crippen molar-refractivity contribution in [1.29, 1.82) is 0 Å². The average molecular weight is 383 g/mol. The zero-order valence-corrected chi connectivity index (χ0v) is 16.5. The van der Waals surface area contributed by atoms with Gasteiger partial charge in [0.15, 0.2) is 0 Å². The molecule has 0 heterocycles. The summed E-state index contributed by atoms with van der Waals surface area (Å²) < 4.78 is 0. The van der Waals surface area contributed by atoms with E-state index in [0.717, 1.165) is 25.7 Å². The summed E-state index contributed by atoms with van der Waals surface area (Å²) in [5.74, 6) is -1.81. The molecule has 0 radical (unpaired) electrons. The van der Waals surface area contributed by atoms with Gasteiger partial charge in [-0.15, -0.1) is 0 Å². The van der Waals surface area contributed by atoms with E-state index in [1.54, 1.807) is 6.92 Å². The molecule has 0 aromatic heterocycles. The maximum absolute atomic E-state index is 12.1. The molecule has 0 spiro atoms. The molecule has 4 N–H and O–H groups in total. The first-order valence-electron chi connectivity index (χ1n) is 9.78. The highest BCUT2D eigenvalue weighted by molar-refractivity contribution is 5.91. The van der Waals surface area contributed by atoms with Crippen LogP contribution in [0.4, 0.5) is 0 Å². The van der Waals surface area contributed by atoms with Gasteiger partial charge in [0, 0.05) is 6.42 Å². The van der Waals surface area contributed by atoms with Crippen LogP contribution >= 0.6 is 0 Å². The maximum atomic E-state index is 12.1. The molecule has 8 nitrogen and oxygen atoms in total. The molecule has 27 heavy (non-hydrogen) atoms. The Kier molecular flexibility index (Phi) is 9.82. The van der Waals surface area contributed by atoms with Crippen LogP contribution in [0, 0.1) is 11.8 Å². The lowest BCUT2D eigenvalue weighted by molar-refractivity contribution is -0.142. The molecule has 3 amide bonds. The minimum absolute atomic E-state index is 0.111. The van der Waals surface area contributed by atoms with Crippen molar-refractivity contribution in [3.05, 3.63) is 0 Å². The summed E-state index contributed by atoms with van der Waals surface area (Å²) in [4.78, 5) is 47.1. The lowest BCUT2D eigenvalue weighted by atomic mass is 9.87. The Labute approximate surface area is 160 Å². The molecule has 1 aliphatic rings. The van der Waals surface area contributed by atoms with E-state index in [-0.39, 0.29) is 18.4 Å². The predicted molar refractivity (Wildman–Crippen MR) is 101 cm³/mol. The molecule has 0 aliphatic heterocycles. The Bertz CT molecular complexity index is 529. The molecule has 2 atom stereocenters. The Morgan fingerprint density at radius 1 is 0.963 bits per heavy atom. The SMILES string of the molecule is CC(C)C[C@H](NC(=O)CNC(=O)C(C)NC(=O)CC1CCCCC1)C(=O)O. The Balaban J connectivity index is 2.33. The molecule has 1 aliphatic carbocycles. The fourth-order valence-electron chi connectivity index (χ4n) is 3.28. The molecule has 1 unspecified atom stereocenters. The monoisotopic (exact) mass is 383 g/mol. The van der Waals surface area contributed by atoms with E-state index in [1.165, 1.54) is 6.42 Å². The second-order valence-electron chi connectivity index (χ2n) is 7.80. The summed E-state index contributed by atoms with van der Waals surface area (Å²) in [6, 6.07) is -1.73. The van der Waals surface area contributed by atoms with E-state index in [2.05, 4.69) is 16.0 Å². The van der Waals surface area contributed by atoms with E-state index in [0.29, 0.717) is 18.8 Å². The van der Waals surface area contributed by atoms with Crippen molar-refractivity contribution in [2.75, 3.05) is 6.54 Å². The van der Waals surface area contributed by atoms with Gasteiger partial charge in [-0.05, 0) is 38.0 Å². The van der Waals surface area contributed by atoms with E-state index >= 15 is 0 Å². The zero-order valence-electron chi connectivity index (χ0n) is 16.5. The first-order chi connectivity index (χ1) is 12.7. The van der Waals surface area contributed by atoms with Crippen LogP contribution in [0.15, 0.2) is 0 Å². The smallest absolute Gasteiger partial charge is 0.326 e. The fourth-order valence-corrected chi connectivity index (χ4v) is 3.28. The molecule has 8 heteroatoms. The van der Waals surface area contributed by atoms with Crippen molar-refractivity contribution in [3.63, 3.8) is 0 Å². The molecule has 1 rings (SSSR count). The van der Waals surface area contributed by atoms with Crippen molar-refractivity contribution < 1.29 is 24.3 Å². The molecule has 0 bridgehead atoms. The molecule has 1 fully saturated rings. The Morgan fingerprint density at radius 3 is 2.15 bits per heavy atom. The summed E-state index contributed by atoms with van der Waals surface area (Å²) in [5.41, 5.74) is 0. The summed E-state index contributed by atoms with van der Waals surface area (Å²) in [5, 5.41) is 16.6. The largest absolute Gasteiger partial charge is 0.480 e. The van der Waals surface area contributed by atoms with Gasteiger partial charge in [0.05, 0.1) is 6.54 Å². The number of hydrogen-bond acceptors (Lipinski definition) is 4. The Hall–Kier alpha value is -2.12. The number of carboxylic acids is 1. The lowest BCUT2D eigenvalue weighted by Gasteiger charge is -2.22. The molecule has 0 saturated heterocycles. The summed E-state index contributed by atoms with van der Waals surface area (Å²) in [7, 11) is 0. The highest BCUT2D eigenvalue weighted by Crippen LogP contribution is 2.26. The van der Waals surface area contributed by atoms with Gasteiger partial charge in [-0.25, -0.2) is 4.79 Å². The van der Waals surface area contributed by atoms with Crippen molar-refractivity contribution in [1.82, 2.24) is 16.0 Å². The van der Waals surface area contributed by atoms with Crippen LogP contribution in [0.25, 0.3) is 0 Å². The van der Waals surface area contributed by atoms with Crippen molar-refractivity contribution in [3.8, 4) is 0 Å². The van der Waals surface area contributed by atoms with Gasteiger partial charge in [0.2, 0.25) is 17.7 Å². The highest BCUT2D eigenvalue weighted by Gasteiger charge is 2.23. The number of nitrogens with one attached hydrogen (secondary N) is 3. The number of carbonyl (C=O) groups is 4. The predicted octanol–water partition coefficient (Wildman–Crippen LogP) is 1.19. The molecule has 154 valence electrons. The van der Waals surface area contributed by atoms with Gasteiger partial charge in [-0.1, -0.05) is 33.1 Å². The fraction of sp³-hybridized carbons (Fsp3) is 0.789. The number of rotatable bonds is 10. The molecule has 0 aromatic rings. The Morgan fingerprint density at radius 2 is 1.59 bits per heavy atom. The van der Waals surface area contributed by atoms with Gasteiger partial charge in [0.1, 0.15) is 12.1 Å². The second-order valence-corrected chi connectivity index (χ2v) is 7.80. The number of carbonyl (C=O) groups excluding carboxylic acids is 3. The normalized spacial score (nSPS) is 17.0. The number of amides is 3. The van der Waals surface area contributed by atoms with E-state index in [9.17, 15) is 19.2 Å². The van der Waals surface area contributed by atoms with Crippen LogP contribution < -0.4 is 16.0 Å². The van der Waals surface area contributed by atoms with Gasteiger partial charge in [-0.3, -0.25) is 14.4 Å². The lowest BCUT2D eigenvalue weighted by Crippen LogP contribution is -2.50. The zero-order chi connectivity index (χ0) is 20.4. The van der Waals surface area contributed by atoms with Gasteiger partial charge in [-0.2, -0.15) is 0 Å². The van der Waals surface area contributed by atoms with E-state index in [1.807, 2.05) is 13.8 Å². The van der Waals surface area contributed by atoms with Crippen LogP contribution in [0.1, 0.15) is 65.7 Å². The van der Waals surface area contributed by atoms with Crippen LogP contribution in [-0.2, 0) is 19.2 Å². The topological polar surface area (TPSA) is 125 Å². The third kappa shape index (κ3) is 9.40. The van der Waals surface area contributed by atoms with Gasteiger partial charge < -0.3 is 21.1 Å². The van der Waals surface area contributed by atoms with Crippen molar-refractivity contribution >= 4 is 23.7 Å². The minimum Gasteiger partial charge on any atom is -0.480 e. The van der Waals surface area contributed by atoms with E-state index in [4.69, 9.17) is 5.11 Å². The standard InChI is InChI=1S/C19H33N3O5/c1-12(2)9-15(19(26)27)22-17(24)11-20-18(25)13(3)21-16(23)10-14-7-5-4-6-8-14/h12-15H,4-11H2,1-3H3,(H,20,25)(H,21,23)(H,22,24)(H,26,27)/t13?,15-/m0/s1. The summed E-state index contributed by atoms with van der Waals surface area (Å²) >= 11 is 0. The third-order valence-electron chi connectivity index (χ3n) is 4.73.